The summed E-state index contributed by atoms with van der Waals surface area (Å²) in [7, 11) is -4.30. The van der Waals surface area contributed by atoms with E-state index in [-0.39, 0.29) is 21.6 Å². The Bertz CT molecular complexity index is 1050. The first-order chi connectivity index (χ1) is 14.2. The first-order valence-corrected chi connectivity index (χ1v) is 11.4. The van der Waals surface area contributed by atoms with Crippen LogP contribution in [0.15, 0.2) is 47.4 Å². The molecule has 8 nitrogen and oxygen atoms in total. The predicted octanol–water partition coefficient (Wildman–Crippen LogP) is 4.16. The van der Waals surface area contributed by atoms with E-state index < -0.39 is 33.1 Å². The van der Waals surface area contributed by atoms with Gasteiger partial charge in [-0.15, -0.1) is 0 Å². The molecule has 1 amide bonds. The summed E-state index contributed by atoms with van der Waals surface area (Å²) >= 11 is 11.7. The van der Waals surface area contributed by atoms with Crippen LogP contribution in [0.25, 0.3) is 0 Å². The molecule has 1 aliphatic carbocycles. The largest absolute Gasteiger partial charge is 0.352 e. The van der Waals surface area contributed by atoms with Gasteiger partial charge in [-0.05, 0) is 49.2 Å². The molecule has 2 aromatic carbocycles. The highest BCUT2D eigenvalue weighted by atomic mass is 35.5. The van der Waals surface area contributed by atoms with Crippen molar-refractivity contribution in [3.63, 3.8) is 0 Å². The van der Waals surface area contributed by atoms with E-state index in [0.29, 0.717) is 5.02 Å². The average Bonchev–Trinajstić information content (AvgIpc) is 3.19. The van der Waals surface area contributed by atoms with Crippen molar-refractivity contribution >= 4 is 50.5 Å². The fourth-order valence-electron chi connectivity index (χ4n) is 3.32. The van der Waals surface area contributed by atoms with Crippen LogP contribution in [-0.2, 0) is 14.8 Å². The van der Waals surface area contributed by atoms with Crippen LogP contribution in [-0.4, -0.2) is 31.8 Å². The van der Waals surface area contributed by atoms with Gasteiger partial charge in [0.15, 0.2) is 0 Å². The molecule has 2 aromatic rings. The van der Waals surface area contributed by atoms with Gasteiger partial charge in [0.05, 0.1) is 15.5 Å². The first kappa shape index (κ1) is 22.3. The molecule has 1 fully saturated rings. The van der Waals surface area contributed by atoms with Crippen molar-refractivity contribution in [2.45, 2.75) is 36.6 Å². The number of nitro benzene ring substituents is 1. The summed E-state index contributed by atoms with van der Waals surface area (Å²) in [6.45, 7) is -0.475. The summed E-state index contributed by atoms with van der Waals surface area (Å²) in [5, 5.41) is 14.2. The number of sulfonamides is 1. The lowest BCUT2D eigenvalue weighted by atomic mass is 10.2. The topological polar surface area (TPSA) is 110 Å². The van der Waals surface area contributed by atoms with Crippen LogP contribution in [0.5, 0.6) is 0 Å². The van der Waals surface area contributed by atoms with Gasteiger partial charge in [-0.3, -0.25) is 19.2 Å². The molecule has 0 aromatic heterocycles. The third-order valence-electron chi connectivity index (χ3n) is 4.82. The molecule has 160 valence electrons. The van der Waals surface area contributed by atoms with Gasteiger partial charge in [-0.1, -0.05) is 36.0 Å². The Kier molecular flexibility index (Phi) is 6.84. The van der Waals surface area contributed by atoms with Crippen LogP contribution in [0.3, 0.4) is 0 Å². The van der Waals surface area contributed by atoms with Crippen LogP contribution in [0.4, 0.5) is 11.4 Å². The summed E-state index contributed by atoms with van der Waals surface area (Å²) < 4.78 is 27.6. The number of amides is 1. The summed E-state index contributed by atoms with van der Waals surface area (Å²) in [4.78, 5) is 22.7. The standard InChI is InChI=1S/C19H19Cl2N3O5S/c20-13-5-7-15(8-6-13)23(12-19(25)22-14-3-1-2-4-14)30(28,29)16-9-10-17(21)18(11-16)24(26)27/h5-11,14H,1-4,12H2,(H,22,25). The second-order valence-electron chi connectivity index (χ2n) is 6.91. The Balaban J connectivity index is 1.97. The zero-order chi connectivity index (χ0) is 21.9. The van der Waals surface area contributed by atoms with Crippen molar-refractivity contribution in [1.82, 2.24) is 5.32 Å². The highest BCUT2D eigenvalue weighted by Gasteiger charge is 2.30. The van der Waals surface area contributed by atoms with Gasteiger partial charge in [-0.2, -0.15) is 0 Å². The number of nitrogens with one attached hydrogen (secondary N) is 1. The maximum Gasteiger partial charge on any atom is 0.289 e. The molecule has 0 atom stereocenters. The maximum absolute atomic E-state index is 13.3. The number of nitrogens with zero attached hydrogens (tertiary/aromatic N) is 2. The molecule has 30 heavy (non-hydrogen) atoms. The third kappa shape index (κ3) is 5.03. The van der Waals surface area contributed by atoms with Gasteiger partial charge < -0.3 is 5.32 Å². The van der Waals surface area contributed by atoms with E-state index in [9.17, 15) is 23.3 Å². The first-order valence-electron chi connectivity index (χ1n) is 9.20. The maximum atomic E-state index is 13.3. The number of hydrogen-bond acceptors (Lipinski definition) is 5. The van der Waals surface area contributed by atoms with Crippen molar-refractivity contribution in [1.29, 1.82) is 0 Å². The lowest BCUT2D eigenvalue weighted by Gasteiger charge is -2.25. The van der Waals surface area contributed by atoms with Crippen molar-refractivity contribution in [3.05, 3.63) is 62.6 Å². The van der Waals surface area contributed by atoms with E-state index >= 15 is 0 Å². The number of hydrogen-bond donors (Lipinski definition) is 1. The van der Waals surface area contributed by atoms with E-state index in [4.69, 9.17) is 23.2 Å². The molecule has 0 heterocycles. The quantitative estimate of drug-likeness (QED) is 0.481. The molecule has 0 spiro atoms. The van der Waals surface area contributed by atoms with Crippen molar-refractivity contribution < 1.29 is 18.1 Å². The van der Waals surface area contributed by atoms with Crippen molar-refractivity contribution in [2.24, 2.45) is 0 Å². The SMILES string of the molecule is O=C(CN(c1ccc(Cl)cc1)S(=O)(=O)c1ccc(Cl)c([N+](=O)[O-])c1)NC1CCCC1. The molecule has 1 aliphatic rings. The number of halogens is 2. The number of benzene rings is 2. The van der Waals surface area contributed by atoms with E-state index in [0.717, 1.165) is 42.1 Å². The third-order valence-corrected chi connectivity index (χ3v) is 7.17. The van der Waals surface area contributed by atoms with Crippen molar-refractivity contribution in [3.8, 4) is 0 Å². The molecular weight excluding hydrogens is 453 g/mol. The number of anilines is 1. The molecule has 0 saturated heterocycles. The summed E-state index contributed by atoms with van der Waals surface area (Å²) in [5.41, 5.74) is -0.331. The summed E-state index contributed by atoms with van der Waals surface area (Å²) in [5.74, 6) is -0.455. The lowest BCUT2D eigenvalue weighted by molar-refractivity contribution is -0.384. The lowest BCUT2D eigenvalue weighted by Crippen LogP contribution is -2.43. The van der Waals surface area contributed by atoms with Gasteiger partial charge >= 0.3 is 0 Å². The van der Waals surface area contributed by atoms with Crippen LogP contribution in [0.2, 0.25) is 10.0 Å². The summed E-state index contributed by atoms with van der Waals surface area (Å²) in [6, 6.07) is 9.14. The van der Waals surface area contributed by atoms with E-state index in [1.807, 2.05) is 0 Å². The van der Waals surface area contributed by atoms with E-state index in [1.54, 1.807) is 0 Å². The monoisotopic (exact) mass is 471 g/mol. The van der Waals surface area contributed by atoms with Gasteiger partial charge in [0.2, 0.25) is 5.91 Å². The average molecular weight is 472 g/mol. The fourth-order valence-corrected chi connectivity index (χ4v) is 5.07. The molecule has 1 saturated carbocycles. The second kappa shape index (κ2) is 9.20. The Labute approximate surface area is 184 Å². The number of carbonyl (C=O) groups excluding carboxylic acids is 1. The van der Waals surface area contributed by atoms with Gasteiger partial charge in [0, 0.05) is 17.1 Å². The molecular formula is C19H19Cl2N3O5S. The van der Waals surface area contributed by atoms with Gasteiger partial charge in [0.1, 0.15) is 11.6 Å². The number of nitro groups is 1. The Hall–Kier alpha value is -2.36. The normalized spacial score (nSPS) is 14.5. The fraction of sp³-hybridized carbons (Fsp3) is 0.316. The second-order valence-corrected chi connectivity index (χ2v) is 9.61. The Morgan fingerprint density at radius 1 is 1.13 bits per heavy atom. The molecule has 0 radical (unpaired) electrons. The number of carbonyl (C=O) groups is 1. The van der Waals surface area contributed by atoms with E-state index in [2.05, 4.69) is 5.32 Å². The van der Waals surface area contributed by atoms with Gasteiger partial charge in [0.25, 0.3) is 15.7 Å². The molecule has 0 bridgehead atoms. The van der Waals surface area contributed by atoms with Crippen LogP contribution < -0.4 is 9.62 Å². The highest BCUT2D eigenvalue weighted by molar-refractivity contribution is 7.92. The minimum atomic E-state index is -4.30. The predicted molar refractivity (Wildman–Crippen MR) is 114 cm³/mol. The summed E-state index contributed by atoms with van der Waals surface area (Å²) in [6.07, 6.45) is 3.72. The molecule has 3 rings (SSSR count). The molecule has 1 N–H and O–H groups in total. The Morgan fingerprint density at radius 3 is 2.37 bits per heavy atom. The molecule has 11 heteroatoms. The van der Waals surface area contributed by atoms with Crippen molar-refractivity contribution in [2.75, 3.05) is 10.8 Å². The van der Waals surface area contributed by atoms with E-state index in [1.165, 1.54) is 30.3 Å². The van der Waals surface area contributed by atoms with Crippen LogP contribution in [0, 0.1) is 10.1 Å². The van der Waals surface area contributed by atoms with Crippen LogP contribution in [0.1, 0.15) is 25.7 Å². The Morgan fingerprint density at radius 2 is 1.77 bits per heavy atom. The molecule has 0 unspecified atom stereocenters. The highest BCUT2D eigenvalue weighted by Crippen LogP contribution is 2.31. The molecule has 0 aliphatic heterocycles. The number of rotatable bonds is 7. The van der Waals surface area contributed by atoms with Crippen LogP contribution >= 0.6 is 23.2 Å². The minimum Gasteiger partial charge on any atom is -0.352 e. The smallest absolute Gasteiger partial charge is 0.289 e. The minimum absolute atomic E-state index is 0.0175. The zero-order valence-electron chi connectivity index (χ0n) is 15.8. The zero-order valence-corrected chi connectivity index (χ0v) is 18.1. The van der Waals surface area contributed by atoms with Gasteiger partial charge in [-0.25, -0.2) is 8.42 Å².